The van der Waals surface area contributed by atoms with Crippen LogP contribution in [0, 0.1) is 12.7 Å². The van der Waals surface area contributed by atoms with Crippen molar-refractivity contribution in [3.8, 4) is 11.1 Å². The zero-order valence-electron chi connectivity index (χ0n) is 14.1. The molecule has 4 aromatic rings. The van der Waals surface area contributed by atoms with Crippen molar-refractivity contribution in [1.82, 2.24) is 0 Å². The molecule has 0 spiro atoms. The largest absolute Gasteiger partial charge is 0.419 e. The lowest BCUT2D eigenvalue weighted by molar-refractivity contribution is 0.525. The molecule has 124 valence electrons. The van der Waals surface area contributed by atoms with Crippen molar-refractivity contribution >= 4 is 21.7 Å². The molecule has 2 nitrogen and oxygen atoms in total. The summed E-state index contributed by atoms with van der Waals surface area (Å²) in [5, 5.41) is 1.80. The summed E-state index contributed by atoms with van der Waals surface area (Å²) in [5.74, 6) is -0.443. The van der Waals surface area contributed by atoms with Gasteiger partial charge in [-0.05, 0) is 36.1 Å². The van der Waals surface area contributed by atoms with Gasteiger partial charge in [0.1, 0.15) is 0 Å². The van der Waals surface area contributed by atoms with Crippen LogP contribution in [-0.4, -0.2) is 0 Å². The van der Waals surface area contributed by atoms with Crippen molar-refractivity contribution in [2.24, 2.45) is 0 Å². The molecule has 0 aliphatic heterocycles. The number of fused-ring (bicyclic) bond motifs is 3. The fraction of sp³-hybridized carbons (Fsp3) is 0.136. The first-order chi connectivity index (χ1) is 12.1. The Hall–Kier alpha value is -2.94. The third kappa shape index (κ3) is 2.52. The molecule has 0 saturated heterocycles. The lowest BCUT2D eigenvalue weighted by Crippen LogP contribution is -2.02. The molecule has 1 aromatic heterocycles. The zero-order chi connectivity index (χ0) is 17.6. The normalized spacial score (nSPS) is 11.3. The molecule has 0 radical (unpaired) electrons. The Balaban J connectivity index is 2.00. The van der Waals surface area contributed by atoms with Gasteiger partial charge in [-0.15, -0.1) is 0 Å². The molecule has 0 fully saturated rings. The summed E-state index contributed by atoms with van der Waals surface area (Å²) in [6.07, 6.45) is 0.551. The Morgan fingerprint density at radius 2 is 1.56 bits per heavy atom. The minimum Gasteiger partial charge on any atom is -0.419 e. The quantitative estimate of drug-likeness (QED) is 0.352. The highest BCUT2D eigenvalue weighted by Crippen LogP contribution is 2.30. The first-order valence-corrected chi connectivity index (χ1v) is 8.33. The minimum absolute atomic E-state index is 0.0416. The molecule has 0 aliphatic rings. The van der Waals surface area contributed by atoms with Crippen molar-refractivity contribution in [1.29, 1.82) is 0 Å². The second-order valence-corrected chi connectivity index (χ2v) is 6.28. The smallest absolute Gasteiger partial charge is 0.344 e. The van der Waals surface area contributed by atoms with Crippen molar-refractivity contribution < 1.29 is 8.81 Å². The van der Waals surface area contributed by atoms with Crippen molar-refractivity contribution in [3.05, 3.63) is 82.0 Å². The molecule has 0 N–H and O–H groups in total. The number of rotatable bonds is 2. The molecule has 1 heterocycles. The molecule has 0 aliphatic carbocycles. The monoisotopic (exact) mass is 332 g/mol. The molecule has 3 heteroatoms. The molecular weight excluding hydrogens is 315 g/mol. The Morgan fingerprint density at radius 1 is 0.880 bits per heavy atom. The van der Waals surface area contributed by atoms with Gasteiger partial charge in [0.2, 0.25) is 0 Å². The number of benzene rings is 3. The maximum absolute atomic E-state index is 14.5. The second-order valence-electron chi connectivity index (χ2n) is 6.28. The van der Waals surface area contributed by atoms with E-state index in [1.54, 1.807) is 6.07 Å². The minimum atomic E-state index is -0.511. The van der Waals surface area contributed by atoms with Crippen LogP contribution < -0.4 is 5.63 Å². The summed E-state index contributed by atoms with van der Waals surface area (Å²) in [6, 6.07) is 17.3. The molecule has 0 saturated carbocycles. The van der Waals surface area contributed by atoms with Gasteiger partial charge in [0.15, 0.2) is 11.4 Å². The predicted octanol–water partition coefficient (Wildman–Crippen LogP) is 5.62. The molecule has 25 heavy (non-hydrogen) atoms. The van der Waals surface area contributed by atoms with Gasteiger partial charge in [-0.2, -0.15) is 0 Å². The highest BCUT2D eigenvalue weighted by Gasteiger charge is 2.14. The van der Waals surface area contributed by atoms with Gasteiger partial charge in [0.05, 0.1) is 5.39 Å². The third-order valence-electron chi connectivity index (χ3n) is 4.67. The fourth-order valence-electron chi connectivity index (χ4n) is 3.20. The first kappa shape index (κ1) is 15.6. The van der Waals surface area contributed by atoms with Crippen LogP contribution in [0.1, 0.15) is 18.1 Å². The van der Waals surface area contributed by atoms with E-state index in [1.165, 1.54) is 5.56 Å². The number of hydrogen-bond acceptors (Lipinski definition) is 2. The van der Waals surface area contributed by atoms with E-state index in [4.69, 9.17) is 4.42 Å². The van der Waals surface area contributed by atoms with Crippen LogP contribution in [0.2, 0.25) is 0 Å². The van der Waals surface area contributed by atoms with E-state index in [9.17, 15) is 9.18 Å². The van der Waals surface area contributed by atoms with E-state index in [0.717, 1.165) is 11.1 Å². The maximum Gasteiger partial charge on any atom is 0.344 e. The van der Waals surface area contributed by atoms with Crippen LogP contribution in [0.25, 0.3) is 32.9 Å². The molecule has 4 rings (SSSR count). The van der Waals surface area contributed by atoms with Crippen molar-refractivity contribution in [2.45, 2.75) is 20.3 Å². The van der Waals surface area contributed by atoms with E-state index in [1.807, 2.05) is 62.4 Å². The van der Waals surface area contributed by atoms with Gasteiger partial charge >= 0.3 is 5.63 Å². The van der Waals surface area contributed by atoms with Crippen LogP contribution in [0.5, 0.6) is 0 Å². The standard InChI is InChI=1S/C22H17FO2/c1-3-14-8-11-18-17-10-9-16(15-6-4-13(2)5-7-15)12-19(17)22(24)25-21(18)20(14)23/h4-12H,3H2,1-2H3. The Kier molecular flexibility index (Phi) is 3.65. The van der Waals surface area contributed by atoms with Crippen molar-refractivity contribution in [2.75, 3.05) is 0 Å². The molecule has 3 aromatic carbocycles. The van der Waals surface area contributed by atoms with Crippen LogP contribution >= 0.6 is 0 Å². The highest BCUT2D eigenvalue weighted by molar-refractivity contribution is 6.05. The molecule has 0 unspecified atom stereocenters. The molecule has 0 amide bonds. The average Bonchev–Trinajstić information content (AvgIpc) is 2.63. The van der Waals surface area contributed by atoms with Crippen LogP contribution in [0.15, 0.2) is 63.8 Å². The second kappa shape index (κ2) is 5.85. The van der Waals surface area contributed by atoms with Gasteiger partial charge in [-0.1, -0.05) is 61.0 Å². The summed E-state index contributed by atoms with van der Waals surface area (Å²) in [6.45, 7) is 3.90. The molecule has 0 atom stereocenters. The van der Waals surface area contributed by atoms with Crippen molar-refractivity contribution in [3.63, 3.8) is 0 Å². The van der Waals surface area contributed by atoms with E-state index >= 15 is 0 Å². The predicted molar refractivity (Wildman–Crippen MR) is 99.5 cm³/mol. The number of hydrogen-bond donors (Lipinski definition) is 0. The average molecular weight is 332 g/mol. The number of aryl methyl sites for hydroxylation is 2. The number of halogens is 1. The summed E-state index contributed by atoms with van der Waals surface area (Å²) < 4.78 is 19.9. The Labute approximate surface area is 144 Å². The van der Waals surface area contributed by atoms with Crippen LogP contribution in [-0.2, 0) is 6.42 Å². The zero-order valence-corrected chi connectivity index (χ0v) is 14.1. The lowest BCUT2D eigenvalue weighted by atomic mass is 9.99. The SMILES string of the molecule is CCc1ccc2c(oc(=O)c3cc(-c4ccc(C)cc4)ccc32)c1F. The summed E-state index contributed by atoms with van der Waals surface area (Å²) in [4.78, 5) is 12.4. The topological polar surface area (TPSA) is 30.2 Å². The third-order valence-corrected chi connectivity index (χ3v) is 4.67. The fourth-order valence-corrected chi connectivity index (χ4v) is 3.20. The van der Waals surface area contributed by atoms with E-state index in [2.05, 4.69) is 0 Å². The molecular formula is C22H17FO2. The Bertz CT molecular complexity index is 1150. The van der Waals surface area contributed by atoms with Gasteiger partial charge in [0.25, 0.3) is 0 Å². The molecule has 0 bridgehead atoms. The first-order valence-electron chi connectivity index (χ1n) is 8.33. The van der Waals surface area contributed by atoms with Crippen LogP contribution in [0.3, 0.4) is 0 Å². The highest BCUT2D eigenvalue weighted by atomic mass is 19.1. The van der Waals surface area contributed by atoms with E-state index in [-0.39, 0.29) is 5.58 Å². The van der Waals surface area contributed by atoms with E-state index < -0.39 is 11.4 Å². The lowest BCUT2D eigenvalue weighted by Gasteiger charge is -2.08. The van der Waals surface area contributed by atoms with Gasteiger partial charge in [-0.3, -0.25) is 0 Å². The van der Waals surface area contributed by atoms with Crippen LogP contribution in [0.4, 0.5) is 4.39 Å². The summed E-state index contributed by atoms with van der Waals surface area (Å²) in [7, 11) is 0. The summed E-state index contributed by atoms with van der Waals surface area (Å²) >= 11 is 0. The van der Waals surface area contributed by atoms with Gasteiger partial charge < -0.3 is 4.42 Å². The van der Waals surface area contributed by atoms with Gasteiger partial charge in [0, 0.05) is 10.8 Å². The Morgan fingerprint density at radius 3 is 2.28 bits per heavy atom. The van der Waals surface area contributed by atoms with E-state index in [0.29, 0.717) is 28.1 Å². The summed E-state index contributed by atoms with van der Waals surface area (Å²) in [5.41, 5.74) is 3.22. The van der Waals surface area contributed by atoms with Gasteiger partial charge in [-0.25, -0.2) is 9.18 Å². The maximum atomic E-state index is 14.5.